The highest BCUT2D eigenvalue weighted by molar-refractivity contribution is 6.09. The first-order chi connectivity index (χ1) is 8.56. The summed E-state index contributed by atoms with van der Waals surface area (Å²) in [6, 6.07) is 1.15. The summed E-state index contributed by atoms with van der Waals surface area (Å²) in [5, 5.41) is 5.13. The van der Waals surface area contributed by atoms with Crippen LogP contribution in [0.2, 0.25) is 0 Å². The molecule has 7 nitrogen and oxygen atoms in total. The number of likely N-dealkylation sites (N-methyl/N-ethyl adjacent to an activating group) is 1. The number of urea groups is 1. The molecule has 0 radical (unpaired) electrons. The monoisotopic (exact) mass is 247 g/mol. The van der Waals surface area contributed by atoms with Crippen LogP contribution in [0.5, 0.6) is 0 Å². The van der Waals surface area contributed by atoms with Gasteiger partial charge in [0.15, 0.2) is 0 Å². The minimum absolute atomic E-state index is 0.177. The maximum atomic E-state index is 11.7. The lowest BCUT2D eigenvalue weighted by Crippen LogP contribution is -2.29. The summed E-state index contributed by atoms with van der Waals surface area (Å²) in [7, 11) is 1.68. The minimum Gasteiger partial charge on any atom is -0.336 e. The number of carbonyl (C=O) groups excluding carboxylic acids is 2. The lowest BCUT2D eigenvalue weighted by Gasteiger charge is -2.09. The second-order valence-electron chi connectivity index (χ2n) is 3.96. The molecule has 2 rings (SSSR count). The number of carbonyl (C=O) groups is 2. The Morgan fingerprint density at radius 3 is 3.00 bits per heavy atom. The summed E-state index contributed by atoms with van der Waals surface area (Å²) < 4.78 is 0. The van der Waals surface area contributed by atoms with Crippen molar-refractivity contribution in [2.24, 2.45) is 4.99 Å². The summed E-state index contributed by atoms with van der Waals surface area (Å²) in [6.45, 7) is 2.04. The van der Waals surface area contributed by atoms with Gasteiger partial charge in [0.2, 0.25) is 11.9 Å². The van der Waals surface area contributed by atoms with Crippen molar-refractivity contribution in [2.75, 3.05) is 18.9 Å². The summed E-state index contributed by atoms with van der Waals surface area (Å²) in [6.07, 6.45) is 3.23. The lowest BCUT2D eigenvalue weighted by atomic mass is 10.3. The van der Waals surface area contributed by atoms with E-state index in [4.69, 9.17) is 0 Å². The molecule has 0 aromatic carbocycles. The van der Waals surface area contributed by atoms with Crippen LogP contribution < -0.4 is 10.6 Å². The van der Waals surface area contributed by atoms with Crippen LogP contribution in [-0.2, 0) is 4.79 Å². The van der Waals surface area contributed by atoms with Crippen molar-refractivity contribution in [2.45, 2.75) is 6.92 Å². The van der Waals surface area contributed by atoms with E-state index in [2.05, 4.69) is 20.6 Å². The van der Waals surface area contributed by atoms with Crippen molar-refractivity contribution >= 4 is 23.6 Å². The molecule has 1 saturated heterocycles. The Kier molecular flexibility index (Phi) is 3.22. The number of aromatic nitrogens is 1. The van der Waals surface area contributed by atoms with Gasteiger partial charge in [0.05, 0.1) is 6.54 Å². The Labute approximate surface area is 104 Å². The van der Waals surface area contributed by atoms with E-state index in [0.717, 1.165) is 5.56 Å². The summed E-state index contributed by atoms with van der Waals surface area (Å²) in [5.74, 6) is 0.0772. The molecule has 1 fully saturated rings. The van der Waals surface area contributed by atoms with Gasteiger partial charge in [-0.3, -0.25) is 15.1 Å². The number of pyridine rings is 1. The van der Waals surface area contributed by atoms with Gasteiger partial charge >= 0.3 is 6.03 Å². The third-order valence-electron chi connectivity index (χ3n) is 2.46. The van der Waals surface area contributed by atoms with E-state index in [0.29, 0.717) is 5.69 Å². The van der Waals surface area contributed by atoms with Crippen molar-refractivity contribution in [1.82, 2.24) is 15.2 Å². The topological polar surface area (TPSA) is 86.7 Å². The van der Waals surface area contributed by atoms with Crippen LogP contribution in [0.1, 0.15) is 5.56 Å². The Balaban J connectivity index is 2.08. The molecule has 1 aliphatic rings. The second kappa shape index (κ2) is 4.82. The first-order valence-corrected chi connectivity index (χ1v) is 5.37. The molecule has 2 heterocycles. The van der Waals surface area contributed by atoms with Gasteiger partial charge in [-0.25, -0.2) is 4.79 Å². The molecule has 0 spiro atoms. The highest BCUT2D eigenvalue weighted by Crippen LogP contribution is 2.11. The van der Waals surface area contributed by atoms with Gasteiger partial charge in [-0.15, -0.1) is 0 Å². The molecular formula is C11H13N5O2. The molecule has 0 aliphatic carbocycles. The lowest BCUT2D eigenvalue weighted by molar-refractivity contribution is -0.118. The first-order valence-electron chi connectivity index (χ1n) is 5.37. The minimum atomic E-state index is -0.534. The molecule has 0 saturated carbocycles. The van der Waals surface area contributed by atoms with Crippen molar-refractivity contribution in [3.8, 4) is 0 Å². The Morgan fingerprint density at radius 1 is 1.61 bits per heavy atom. The standard InChI is InChI=1S/C11H13N5O2/c1-7-5-12-4-3-8(7)13-11(18)15-10-14-9(17)6-16(10)2/h3-5H,6H2,1-2H3,(H2,12,13,14,15,17,18). The summed E-state index contributed by atoms with van der Waals surface area (Å²) in [4.78, 5) is 32.0. The normalized spacial score (nSPS) is 16.9. The molecule has 2 N–H and O–H groups in total. The number of aliphatic imine (C=N–C) groups is 1. The molecule has 1 aromatic heterocycles. The smallest absolute Gasteiger partial charge is 0.336 e. The quantitative estimate of drug-likeness (QED) is 0.749. The van der Waals surface area contributed by atoms with Gasteiger partial charge in [0.1, 0.15) is 0 Å². The van der Waals surface area contributed by atoms with Gasteiger partial charge in [0, 0.05) is 25.1 Å². The fourth-order valence-corrected chi connectivity index (χ4v) is 1.52. The predicted molar refractivity (Wildman–Crippen MR) is 66.2 cm³/mol. The highest BCUT2D eigenvalue weighted by Gasteiger charge is 2.22. The second-order valence-corrected chi connectivity index (χ2v) is 3.96. The number of hydrogen-bond acceptors (Lipinski definition) is 3. The van der Waals surface area contributed by atoms with Gasteiger partial charge < -0.3 is 10.2 Å². The average molecular weight is 247 g/mol. The summed E-state index contributed by atoms with van der Waals surface area (Å²) in [5.41, 5.74) is 1.49. The number of anilines is 1. The maximum Gasteiger partial charge on any atom is 0.348 e. The van der Waals surface area contributed by atoms with E-state index >= 15 is 0 Å². The van der Waals surface area contributed by atoms with Crippen molar-refractivity contribution in [3.05, 3.63) is 24.0 Å². The number of guanidine groups is 1. The van der Waals surface area contributed by atoms with Gasteiger partial charge in [-0.05, 0) is 18.6 Å². The molecule has 0 atom stereocenters. The number of amides is 3. The van der Waals surface area contributed by atoms with Crippen molar-refractivity contribution in [3.63, 3.8) is 0 Å². The summed E-state index contributed by atoms with van der Waals surface area (Å²) >= 11 is 0. The van der Waals surface area contributed by atoms with E-state index in [1.807, 2.05) is 6.92 Å². The zero-order chi connectivity index (χ0) is 13.1. The Bertz CT molecular complexity index is 526. The van der Waals surface area contributed by atoms with Crippen LogP contribution in [0.3, 0.4) is 0 Å². The van der Waals surface area contributed by atoms with Crippen LogP contribution in [0.15, 0.2) is 23.5 Å². The fourth-order valence-electron chi connectivity index (χ4n) is 1.52. The number of nitrogens with zero attached hydrogens (tertiary/aromatic N) is 3. The third kappa shape index (κ3) is 2.62. The van der Waals surface area contributed by atoms with E-state index in [1.54, 1.807) is 30.4 Å². The van der Waals surface area contributed by atoms with Crippen LogP contribution in [0.25, 0.3) is 0 Å². The molecule has 7 heteroatoms. The molecular weight excluding hydrogens is 234 g/mol. The van der Waals surface area contributed by atoms with Crippen LogP contribution in [-0.4, -0.2) is 41.4 Å². The third-order valence-corrected chi connectivity index (χ3v) is 2.46. The Morgan fingerprint density at radius 2 is 2.39 bits per heavy atom. The SMILES string of the molecule is Cc1cnccc1NC(=O)/N=C1/NC(=O)CN1C. The van der Waals surface area contributed by atoms with Gasteiger partial charge in [-0.2, -0.15) is 4.99 Å². The van der Waals surface area contributed by atoms with E-state index in [9.17, 15) is 9.59 Å². The fraction of sp³-hybridized carbons (Fsp3) is 0.273. The number of hydrogen-bond donors (Lipinski definition) is 2. The first kappa shape index (κ1) is 12.0. The average Bonchev–Trinajstić information content (AvgIpc) is 2.61. The molecule has 1 aliphatic heterocycles. The molecule has 3 amide bonds. The zero-order valence-electron chi connectivity index (χ0n) is 10.1. The van der Waals surface area contributed by atoms with Gasteiger partial charge in [-0.1, -0.05) is 0 Å². The zero-order valence-corrected chi connectivity index (χ0v) is 10.1. The van der Waals surface area contributed by atoms with Gasteiger partial charge in [0.25, 0.3) is 0 Å². The van der Waals surface area contributed by atoms with E-state index in [1.165, 1.54) is 0 Å². The molecule has 94 valence electrons. The van der Waals surface area contributed by atoms with Crippen molar-refractivity contribution in [1.29, 1.82) is 0 Å². The predicted octanol–water partition coefficient (Wildman–Crippen LogP) is 0.340. The molecule has 1 aromatic rings. The maximum absolute atomic E-state index is 11.7. The largest absolute Gasteiger partial charge is 0.348 e. The molecule has 0 bridgehead atoms. The van der Waals surface area contributed by atoms with E-state index < -0.39 is 6.03 Å². The number of aryl methyl sites for hydroxylation is 1. The molecule has 0 unspecified atom stereocenters. The molecule has 18 heavy (non-hydrogen) atoms. The number of rotatable bonds is 1. The van der Waals surface area contributed by atoms with Crippen molar-refractivity contribution < 1.29 is 9.59 Å². The highest BCUT2D eigenvalue weighted by atomic mass is 16.2. The van der Waals surface area contributed by atoms with Crippen LogP contribution in [0, 0.1) is 6.92 Å². The van der Waals surface area contributed by atoms with Crippen LogP contribution >= 0.6 is 0 Å². The number of nitrogens with one attached hydrogen (secondary N) is 2. The van der Waals surface area contributed by atoms with E-state index in [-0.39, 0.29) is 18.4 Å². The Hall–Kier alpha value is -2.44. The van der Waals surface area contributed by atoms with Crippen LogP contribution in [0.4, 0.5) is 10.5 Å².